The van der Waals surface area contributed by atoms with Crippen molar-refractivity contribution >= 4 is 35.7 Å². The molecule has 3 aromatic rings. The van der Waals surface area contributed by atoms with Gasteiger partial charge in [-0.1, -0.05) is 30.3 Å². The van der Waals surface area contributed by atoms with Crippen molar-refractivity contribution in [3.05, 3.63) is 106 Å². The summed E-state index contributed by atoms with van der Waals surface area (Å²) < 4.78 is 15.6. The van der Waals surface area contributed by atoms with Crippen LogP contribution in [0.1, 0.15) is 16.9 Å². The van der Waals surface area contributed by atoms with Crippen LogP contribution in [0.5, 0.6) is 5.75 Å². The lowest BCUT2D eigenvalue weighted by atomic mass is 10.1. The van der Waals surface area contributed by atoms with Gasteiger partial charge in [0.1, 0.15) is 5.75 Å². The molecule has 0 spiro atoms. The predicted molar refractivity (Wildman–Crippen MR) is 114 cm³/mol. The summed E-state index contributed by atoms with van der Waals surface area (Å²) in [6.07, 6.45) is 5.43. The van der Waals surface area contributed by atoms with Gasteiger partial charge in [0.2, 0.25) is 0 Å². The summed E-state index contributed by atoms with van der Waals surface area (Å²) in [7, 11) is 0. The highest BCUT2D eigenvalue weighted by Crippen LogP contribution is 2.25. The second kappa shape index (κ2) is 8.92. The highest BCUT2D eigenvalue weighted by molar-refractivity contribution is 6.12. The fourth-order valence-corrected chi connectivity index (χ4v) is 2.80. The monoisotopic (exact) mass is 430 g/mol. The molecule has 0 atom stereocenters. The molecule has 0 fully saturated rings. The lowest BCUT2D eigenvalue weighted by Crippen LogP contribution is -2.05. The lowest BCUT2D eigenvalue weighted by molar-refractivity contribution is -0.384. The Labute approximate surface area is 181 Å². The van der Waals surface area contributed by atoms with Crippen LogP contribution in [0.4, 0.5) is 5.69 Å². The van der Waals surface area contributed by atoms with Crippen LogP contribution in [0.2, 0.25) is 0 Å². The number of nitro benzene ring substituents is 1. The van der Waals surface area contributed by atoms with E-state index in [0.717, 1.165) is 6.08 Å². The van der Waals surface area contributed by atoms with Crippen molar-refractivity contribution in [1.82, 2.24) is 0 Å². The van der Waals surface area contributed by atoms with Crippen molar-refractivity contribution in [1.29, 1.82) is 0 Å². The van der Waals surface area contributed by atoms with Gasteiger partial charge in [-0.2, -0.15) is 0 Å². The van der Waals surface area contributed by atoms with E-state index in [-0.39, 0.29) is 23.0 Å². The maximum absolute atomic E-state index is 12.3. The molecule has 2 aromatic carbocycles. The number of hydrogen-bond donors (Lipinski definition) is 0. The minimum atomic E-state index is -0.698. The van der Waals surface area contributed by atoms with E-state index in [1.54, 1.807) is 42.5 Å². The molecule has 4 rings (SSSR count). The summed E-state index contributed by atoms with van der Waals surface area (Å²) in [6.45, 7) is 0. The summed E-state index contributed by atoms with van der Waals surface area (Å²) in [5.41, 5.74) is 0.837. The molecule has 158 valence electrons. The van der Waals surface area contributed by atoms with Gasteiger partial charge in [0.25, 0.3) is 11.6 Å². The molecule has 9 heteroatoms. The number of furan rings is 1. The standard InChI is InChI=1S/C23H14N2O7/c26-21(11-10-15-5-3-7-17(13-15)25(28)29)31-19-8-2-1-6-16(19)14-18-23(27)32-22(24-18)20-9-4-12-30-20/h1-14H/b11-10+,18-14+. The molecule has 0 unspecified atom stereocenters. The van der Waals surface area contributed by atoms with E-state index in [0.29, 0.717) is 16.9 Å². The van der Waals surface area contributed by atoms with Crippen LogP contribution in [0.3, 0.4) is 0 Å². The first-order valence-corrected chi connectivity index (χ1v) is 9.29. The summed E-state index contributed by atoms with van der Waals surface area (Å²) in [5, 5.41) is 10.9. The molecule has 0 bridgehead atoms. The average molecular weight is 430 g/mol. The number of benzene rings is 2. The zero-order valence-electron chi connectivity index (χ0n) is 16.3. The summed E-state index contributed by atoms with van der Waals surface area (Å²) in [5.74, 6) is -0.810. The molecule has 32 heavy (non-hydrogen) atoms. The highest BCUT2D eigenvalue weighted by atomic mass is 16.6. The van der Waals surface area contributed by atoms with Gasteiger partial charge in [0.15, 0.2) is 11.5 Å². The maximum Gasteiger partial charge on any atom is 0.363 e. The summed E-state index contributed by atoms with van der Waals surface area (Å²) >= 11 is 0. The number of rotatable bonds is 6. The number of esters is 2. The molecule has 1 aliphatic rings. The molecule has 9 nitrogen and oxygen atoms in total. The van der Waals surface area contributed by atoms with Crippen molar-refractivity contribution in [2.75, 3.05) is 0 Å². The van der Waals surface area contributed by atoms with E-state index >= 15 is 0 Å². The second-order valence-corrected chi connectivity index (χ2v) is 6.46. The van der Waals surface area contributed by atoms with E-state index < -0.39 is 16.9 Å². The van der Waals surface area contributed by atoms with Gasteiger partial charge in [0, 0.05) is 23.8 Å². The number of nitrogens with zero attached hydrogens (tertiary/aromatic N) is 2. The van der Waals surface area contributed by atoms with Crippen molar-refractivity contribution in [2.24, 2.45) is 4.99 Å². The van der Waals surface area contributed by atoms with Crippen LogP contribution < -0.4 is 4.74 Å². The number of cyclic esters (lactones) is 1. The van der Waals surface area contributed by atoms with Crippen LogP contribution in [-0.4, -0.2) is 22.8 Å². The molecule has 0 N–H and O–H groups in total. The largest absolute Gasteiger partial charge is 0.459 e. The van der Waals surface area contributed by atoms with Gasteiger partial charge in [-0.05, 0) is 35.9 Å². The van der Waals surface area contributed by atoms with Gasteiger partial charge in [-0.15, -0.1) is 0 Å². The zero-order chi connectivity index (χ0) is 22.5. The fraction of sp³-hybridized carbons (Fsp3) is 0. The van der Waals surface area contributed by atoms with Crippen LogP contribution in [0.15, 0.2) is 88.1 Å². The molecule has 0 saturated heterocycles. The first kappa shape index (κ1) is 20.5. The smallest absolute Gasteiger partial charge is 0.363 e. The van der Waals surface area contributed by atoms with Crippen LogP contribution in [0.25, 0.3) is 12.2 Å². The first-order chi connectivity index (χ1) is 15.5. The van der Waals surface area contributed by atoms with E-state index in [4.69, 9.17) is 13.9 Å². The van der Waals surface area contributed by atoms with Crippen molar-refractivity contribution < 1.29 is 28.4 Å². The third-order valence-electron chi connectivity index (χ3n) is 4.27. The predicted octanol–water partition coefficient (Wildman–Crippen LogP) is 4.15. The number of carbonyl (C=O) groups is 2. The number of carbonyl (C=O) groups excluding carboxylic acids is 2. The Balaban J connectivity index is 1.52. The number of nitro groups is 1. The van der Waals surface area contributed by atoms with Gasteiger partial charge in [-0.3, -0.25) is 10.1 Å². The molecule has 0 aliphatic carbocycles. The average Bonchev–Trinajstić information content (AvgIpc) is 3.44. The molecule has 0 saturated carbocycles. The van der Waals surface area contributed by atoms with Gasteiger partial charge in [-0.25, -0.2) is 14.6 Å². The molecule has 0 radical (unpaired) electrons. The maximum atomic E-state index is 12.3. The topological polar surface area (TPSA) is 121 Å². The third kappa shape index (κ3) is 4.68. The Morgan fingerprint density at radius 3 is 2.72 bits per heavy atom. The zero-order valence-corrected chi connectivity index (χ0v) is 16.3. The van der Waals surface area contributed by atoms with Crippen LogP contribution in [-0.2, 0) is 14.3 Å². The number of aliphatic imine (C=N–C) groups is 1. The van der Waals surface area contributed by atoms with E-state index in [1.165, 1.54) is 36.6 Å². The first-order valence-electron chi connectivity index (χ1n) is 9.29. The van der Waals surface area contributed by atoms with Crippen LogP contribution in [0, 0.1) is 10.1 Å². The van der Waals surface area contributed by atoms with Crippen molar-refractivity contribution in [3.63, 3.8) is 0 Å². The number of non-ortho nitro benzene ring substituents is 1. The third-order valence-corrected chi connectivity index (χ3v) is 4.27. The quantitative estimate of drug-likeness (QED) is 0.189. The van der Waals surface area contributed by atoms with Gasteiger partial charge >= 0.3 is 11.9 Å². The highest BCUT2D eigenvalue weighted by Gasteiger charge is 2.26. The van der Waals surface area contributed by atoms with Gasteiger partial charge in [0.05, 0.1) is 11.2 Å². The Bertz CT molecular complexity index is 1290. The number of ether oxygens (including phenoxy) is 2. The lowest BCUT2D eigenvalue weighted by Gasteiger charge is -2.05. The molecule has 1 aromatic heterocycles. The second-order valence-electron chi connectivity index (χ2n) is 6.46. The molecular formula is C23H14N2O7. The fourth-order valence-electron chi connectivity index (χ4n) is 2.80. The number of hydrogen-bond acceptors (Lipinski definition) is 8. The Morgan fingerprint density at radius 1 is 1.09 bits per heavy atom. The SMILES string of the molecule is O=C(/C=C/c1cccc([N+](=O)[O-])c1)Oc1ccccc1/C=C1/N=C(c2ccco2)OC1=O. The molecular weight excluding hydrogens is 416 g/mol. The van der Waals surface area contributed by atoms with Gasteiger partial charge < -0.3 is 13.9 Å². The van der Waals surface area contributed by atoms with Crippen molar-refractivity contribution in [3.8, 4) is 5.75 Å². The van der Waals surface area contributed by atoms with E-state index in [9.17, 15) is 19.7 Å². The summed E-state index contributed by atoms with van der Waals surface area (Å²) in [6, 6.07) is 15.7. The van der Waals surface area contributed by atoms with E-state index in [2.05, 4.69) is 4.99 Å². The number of para-hydroxylation sites is 1. The minimum Gasteiger partial charge on any atom is -0.459 e. The minimum absolute atomic E-state index is 0.0204. The molecule has 0 amide bonds. The molecule has 1 aliphatic heterocycles. The molecule has 2 heterocycles. The van der Waals surface area contributed by atoms with Crippen molar-refractivity contribution in [2.45, 2.75) is 0 Å². The van der Waals surface area contributed by atoms with E-state index in [1.807, 2.05) is 0 Å². The summed E-state index contributed by atoms with van der Waals surface area (Å²) in [4.78, 5) is 38.9. The van der Waals surface area contributed by atoms with Crippen LogP contribution >= 0.6 is 0 Å². The Morgan fingerprint density at radius 2 is 1.94 bits per heavy atom. The Hall–Kier alpha value is -4.79. The Kier molecular flexibility index (Phi) is 5.71. The normalized spacial score (nSPS) is 14.4.